The number of ether oxygens (including phenoxy) is 1. The van der Waals surface area contributed by atoms with E-state index in [2.05, 4.69) is 9.97 Å². The van der Waals surface area contributed by atoms with E-state index in [0.29, 0.717) is 6.61 Å². The van der Waals surface area contributed by atoms with Crippen molar-refractivity contribution in [1.82, 2.24) is 9.97 Å². The van der Waals surface area contributed by atoms with E-state index in [-0.39, 0.29) is 11.7 Å². The van der Waals surface area contributed by atoms with E-state index < -0.39 is 0 Å². The number of rotatable bonds is 4. The first kappa shape index (κ1) is 12.9. The molecule has 1 unspecified atom stereocenters. The Labute approximate surface area is 118 Å². The third-order valence-corrected chi connectivity index (χ3v) is 3.83. The maximum absolute atomic E-state index is 12.6. The molecule has 4 heteroatoms. The Kier molecular flexibility index (Phi) is 3.54. The number of ketones is 1. The average Bonchev–Trinajstić information content (AvgIpc) is 2.96. The number of aromatic nitrogens is 2. The number of imidazole rings is 1. The van der Waals surface area contributed by atoms with Gasteiger partial charge in [-0.1, -0.05) is 12.1 Å². The summed E-state index contributed by atoms with van der Waals surface area (Å²) in [4.78, 5) is 19.7. The fraction of sp³-hybridized carbons (Fsp3) is 0.375. The standard InChI is InChI=1S/C16H18N2O2/c1-2-20-15-5-3-4-14-13(15)7-6-11(16(14)19)8-12-9-17-10-18-12/h3-5,9-11H,2,6-8H2,1H3,(H,17,18). The van der Waals surface area contributed by atoms with Crippen molar-refractivity contribution < 1.29 is 9.53 Å². The normalized spacial score (nSPS) is 17.9. The number of nitrogens with one attached hydrogen (secondary N) is 1. The minimum atomic E-state index is 0.0415. The first-order valence-corrected chi connectivity index (χ1v) is 7.05. The molecule has 0 spiro atoms. The van der Waals surface area contributed by atoms with Crippen molar-refractivity contribution in [2.45, 2.75) is 26.2 Å². The van der Waals surface area contributed by atoms with Gasteiger partial charge in [0.25, 0.3) is 0 Å². The molecular weight excluding hydrogens is 252 g/mol. The van der Waals surface area contributed by atoms with Crippen molar-refractivity contribution in [1.29, 1.82) is 0 Å². The predicted octanol–water partition coefficient (Wildman–Crippen LogP) is 2.80. The second-order valence-corrected chi connectivity index (χ2v) is 5.10. The number of H-pyrrole nitrogens is 1. The number of carbonyl (C=O) groups is 1. The third kappa shape index (κ3) is 2.33. The number of hydrogen-bond donors (Lipinski definition) is 1. The quantitative estimate of drug-likeness (QED) is 0.929. The van der Waals surface area contributed by atoms with Crippen LogP contribution in [-0.2, 0) is 12.8 Å². The van der Waals surface area contributed by atoms with Gasteiger partial charge in [0.1, 0.15) is 5.75 Å². The van der Waals surface area contributed by atoms with E-state index >= 15 is 0 Å². The van der Waals surface area contributed by atoms with Crippen LogP contribution >= 0.6 is 0 Å². The molecule has 0 fully saturated rings. The number of aromatic amines is 1. The van der Waals surface area contributed by atoms with E-state index in [1.54, 1.807) is 12.5 Å². The summed E-state index contributed by atoms with van der Waals surface area (Å²) in [6.07, 6.45) is 5.95. The lowest BCUT2D eigenvalue weighted by Crippen LogP contribution is -2.25. The van der Waals surface area contributed by atoms with Gasteiger partial charge in [0, 0.05) is 28.9 Å². The zero-order chi connectivity index (χ0) is 13.9. The minimum Gasteiger partial charge on any atom is -0.494 e. The molecule has 0 aliphatic heterocycles. The molecule has 1 aliphatic rings. The van der Waals surface area contributed by atoms with Crippen LogP contribution in [0.4, 0.5) is 0 Å². The maximum Gasteiger partial charge on any atom is 0.166 e. The lowest BCUT2D eigenvalue weighted by atomic mass is 9.80. The van der Waals surface area contributed by atoms with E-state index in [0.717, 1.165) is 41.8 Å². The van der Waals surface area contributed by atoms with Gasteiger partial charge >= 0.3 is 0 Å². The summed E-state index contributed by atoms with van der Waals surface area (Å²) in [6, 6.07) is 5.77. The molecule has 2 aromatic rings. The summed E-state index contributed by atoms with van der Waals surface area (Å²) in [5, 5.41) is 0. The average molecular weight is 270 g/mol. The lowest BCUT2D eigenvalue weighted by Gasteiger charge is -2.24. The topological polar surface area (TPSA) is 55.0 Å². The summed E-state index contributed by atoms with van der Waals surface area (Å²) < 4.78 is 5.63. The Balaban J connectivity index is 1.85. The molecule has 4 nitrogen and oxygen atoms in total. The Bertz CT molecular complexity index is 605. The Morgan fingerprint density at radius 2 is 2.35 bits per heavy atom. The molecule has 1 atom stereocenters. The highest BCUT2D eigenvalue weighted by Crippen LogP contribution is 2.33. The fourth-order valence-corrected chi connectivity index (χ4v) is 2.87. The predicted molar refractivity (Wildman–Crippen MR) is 76.0 cm³/mol. The molecule has 104 valence electrons. The number of hydrogen-bond acceptors (Lipinski definition) is 3. The maximum atomic E-state index is 12.6. The van der Waals surface area contributed by atoms with Crippen molar-refractivity contribution >= 4 is 5.78 Å². The van der Waals surface area contributed by atoms with Crippen LogP contribution in [0.2, 0.25) is 0 Å². The van der Waals surface area contributed by atoms with Gasteiger partial charge in [-0.3, -0.25) is 4.79 Å². The summed E-state index contributed by atoms with van der Waals surface area (Å²) >= 11 is 0. The summed E-state index contributed by atoms with van der Waals surface area (Å²) in [7, 11) is 0. The van der Waals surface area contributed by atoms with E-state index in [1.807, 2.05) is 25.1 Å². The van der Waals surface area contributed by atoms with Crippen LogP contribution in [0, 0.1) is 5.92 Å². The van der Waals surface area contributed by atoms with Gasteiger partial charge in [0.15, 0.2) is 5.78 Å². The van der Waals surface area contributed by atoms with Crippen molar-refractivity contribution in [2.75, 3.05) is 6.61 Å². The van der Waals surface area contributed by atoms with Gasteiger partial charge in [-0.25, -0.2) is 4.98 Å². The Morgan fingerprint density at radius 3 is 3.10 bits per heavy atom. The van der Waals surface area contributed by atoms with Crippen molar-refractivity contribution in [2.24, 2.45) is 5.92 Å². The molecule has 20 heavy (non-hydrogen) atoms. The van der Waals surface area contributed by atoms with Crippen molar-refractivity contribution in [3.05, 3.63) is 47.5 Å². The highest BCUT2D eigenvalue weighted by Gasteiger charge is 2.29. The number of Topliss-reactive ketones (excluding diaryl/α,β-unsaturated/α-hetero) is 1. The van der Waals surface area contributed by atoms with Gasteiger partial charge < -0.3 is 9.72 Å². The van der Waals surface area contributed by atoms with Gasteiger partial charge in [0.05, 0.1) is 12.9 Å². The van der Waals surface area contributed by atoms with Gasteiger partial charge in [0.2, 0.25) is 0 Å². The molecule has 1 aliphatic carbocycles. The summed E-state index contributed by atoms with van der Waals surface area (Å²) in [5.74, 6) is 1.13. The first-order valence-electron chi connectivity index (χ1n) is 7.05. The van der Waals surface area contributed by atoms with Gasteiger partial charge in [-0.2, -0.15) is 0 Å². The lowest BCUT2D eigenvalue weighted by molar-refractivity contribution is 0.0899. The van der Waals surface area contributed by atoms with E-state index in [1.165, 1.54) is 0 Å². The molecule has 0 radical (unpaired) electrons. The number of fused-ring (bicyclic) bond motifs is 1. The third-order valence-electron chi connectivity index (χ3n) is 3.83. The number of benzene rings is 1. The fourth-order valence-electron chi connectivity index (χ4n) is 2.87. The SMILES string of the molecule is CCOc1cccc2c1CCC(Cc1cnc[nH]1)C2=O. The molecule has 3 rings (SSSR count). The van der Waals surface area contributed by atoms with E-state index in [4.69, 9.17) is 4.74 Å². The second-order valence-electron chi connectivity index (χ2n) is 5.10. The summed E-state index contributed by atoms with van der Waals surface area (Å²) in [5.41, 5.74) is 2.92. The van der Waals surface area contributed by atoms with Crippen LogP contribution in [0.1, 0.15) is 35.0 Å². The van der Waals surface area contributed by atoms with Crippen LogP contribution in [-0.4, -0.2) is 22.4 Å². The molecular formula is C16H18N2O2. The van der Waals surface area contributed by atoms with Crippen LogP contribution in [0.25, 0.3) is 0 Å². The minimum absolute atomic E-state index is 0.0415. The monoisotopic (exact) mass is 270 g/mol. The van der Waals surface area contributed by atoms with Gasteiger partial charge in [-0.05, 0) is 32.3 Å². The smallest absolute Gasteiger partial charge is 0.166 e. The molecule has 0 bridgehead atoms. The van der Waals surface area contributed by atoms with Gasteiger partial charge in [-0.15, -0.1) is 0 Å². The highest BCUT2D eigenvalue weighted by atomic mass is 16.5. The van der Waals surface area contributed by atoms with Crippen LogP contribution in [0.3, 0.4) is 0 Å². The largest absolute Gasteiger partial charge is 0.494 e. The molecule has 1 heterocycles. The van der Waals surface area contributed by atoms with Crippen LogP contribution in [0.5, 0.6) is 5.75 Å². The molecule has 0 saturated heterocycles. The Morgan fingerprint density at radius 1 is 1.45 bits per heavy atom. The second kappa shape index (κ2) is 5.49. The van der Waals surface area contributed by atoms with Crippen LogP contribution in [0.15, 0.2) is 30.7 Å². The highest BCUT2D eigenvalue weighted by molar-refractivity contribution is 6.00. The van der Waals surface area contributed by atoms with Crippen molar-refractivity contribution in [3.8, 4) is 5.75 Å². The first-order chi connectivity index (χ1) is 9.79. The summed E-state index contributed by atoms with van der Waals surface area (Å²) in [6.45, 7) is 2.59. The van der Waals surface area contributed by atoms with Crippen LogP contribution < -0.4 is 4.74 Å². The molecule has 1 N–H and O–H groups in total. The molecule has 0 amide bonds. The van der Waals surface area contributed by atoms with Crippen molar-refractivity contribution in [3.63, 3.8) is 0 Å². The number of nitrogens with zero attached hydrogens (tertiary/aromatic N) is 1. The molecule has 1 aromatic carbocycles. The Hall–Kier alpha value is -2.10. The molecule has 1 aromatic heterocycles. The van der Waals surface area contributed by atoms with E-state index in [9.17, 15) is 4.79 Å². The zero-order valence-electron chi connectivity index (χ0n) is 11.6. The number of carbonyl (C=O) groups excluding carboxylic acids is 1. The molecule has 0 saturated carbocycles. The zero-order valence-corrected chi connectivity index (χ0v) is 11.6.